The largest absolute Gasteiger partial charge is 0.465 e. The number of ether oxygens (including phenoxy) is 1. The molecule has 19 heavy (non-hydrogen) atoms. The molecule has 1 aromatic carbocycles. The first-order chi connectivity index (χ1) is 9.15. The minimum atomic E-state index is -0.279. The Balaban J connectivity index is 2.25. The van der Waals surface area contributed by atoms with Crippen molar-refractivity contribution in [2.24, 2.45) is 0 Å². The van der Waals surface area contributed by atoms with Gasteiger partial charge in [0.2, 0.25) is 0 Å². The normalized spacial score (nSPS) is 10.5. The van der Waals surface area contributed by atoms with Crippen LogP contribution in [-0.4, -0.2) is 18.1 Å². The van der Waals surface area contributed by atoms with Gasteiger partial charge in [-0.15, -0.1) is 0 Å². The van der Waals surface area contributed by atoms with Gasteiger partial charge < -0.3 is 9.72 Å². The monoisotopic (exact) mass is 257 g/mol. The van der Waals surface area contributed by atoms with E-state index in [0.717, 1.165) is 24.1 Å². The fourth-order valence-electron chi connectivity index (χ4n) is 2.22. The summed E-state index contributed by atoms with van der Waals surface area (Å²) in [5.74, 6) is -0.279. The number of aromatic nitrogens is 1. The second-order valence-corrected chi connectivity index (χ2v) is 4.65. The molecule has 0 aliphatic heterocycles. The number of carbonyl (C=O) groups is 1. The van der Waals surface area contributed by atoms with E-state index in [4.69, 9.17) is 4.74 Å². The van der Waals surface area contributed by atoms with Crippen molar-refractivity contribution in [3.05, 3.63) is 58.4 Å². The number of benzene rings is 1. The van der Waals surface area contributed by atoms with E-state index in [9.17, 15) is 4.79 Å². The van der Waals surface area contributed by atoms with Gasteiger partial charge in [0.05, 0.1) is 12.7 Å². The minimum Gasteiger partial charge on any atom is -0.465 e. The van der Waals surface area contributed by atoms with E-state index in [1.54, 1.807) is 0 Å². The Kier molecular flexibility index (Phi) is 4.05. The molecular formula is C16H19NO2. The number of esters is 1. The summed E-state index contributed by atoms with van der Waals surface area (Å²) in [6.07, 6.45) is 3.66. The Morgan fingerprint density at radius 1 is 1.21 bits per heavy atom. The lowest BCUT2D eigenvalue weighted by atomic mass is 10.0. The zero-order valence-electron chi connectivity index (χ0n) is 11.6. The van der Waals surface area contributed by atoms with Crippen LogP contribution < -0.4 is 0 Å². The Morgan fingerprint density at radius 2 is 1.84 bits per heavy atom. The standard InChI is InChI=1S/C16H19NO2/c1-4-12-5-7-13(8-6-12)9-14-10-17-11(2)15(14)16(18)19-3/h5-8,10,17H,4,9H2,1-3H3. The number of aromatic amines is 1. The van der Waals surface area contributed by atoms with Crippen LogP contribution in [0.1, 0.15) is 39.7 Å². The Morgan fingerprint density at radius 3 is 2.42 bits per heavy atom. The number of carbonyl (C=O) groups excluding carboxylic acids is 1. The minimum absolute atomic E-state index is 0.279. The molecule has 0 saturated heterocycles. The third kappa shape index (κ3) is 2.87. The van der Waals surface area contributed by atoms with Crippen LogP contribution in [0.5, 0.6) is 0 Å². The smallest absolute Gasteiger partial charge is 0.339 e. The summed E-state index contributed by atoms with van der Waals surface area (Å²) in [6, 6.07) is 8.49. The summed E-state index contributed by atoms with van der Waals surface area (Å²) in [5, 5.41) is 0. The molecule has 0 bridgehead atoms. The van der Waals surface area contributed by atoms with E-state index >= 15 is 0 Å². The van der Waals surface area contributed by atoms with Crippen LogP contribution in [0.25, 0.3) is 0 Å². The van der Waals surface area contributed by atoms with Crippen LogP contribution in [0.4, 0.5) is 0 Å². The Hall–Kier alpha value is -2.03. The van der Waals surface area contributed by atoms with Gasteiger partial charge in [-0.2, -0.15) is 0 Å². The first kappa shape index (κ1) is 13.4. The summed E-state index contributed by atoms with van der Waals surface area (Å²) < 4.78 is 4.83. The predicted molar refractivity (Wildman–Crippen MR) is 75.5 cm³/mol. The van der Waals surface area contributed by atoms with Gasteiger partial charge >= 0.3 is 5.97 Å². The third-order valence-electron chi connectivity index (χ3n) is 3.37. The van der Waals surface area contributed by atoms with Gasteiger partial charge in [-0.05, 0) is 36.5 Å². The average molecular weight is 257 g/mol. The molecular weight excluding hydrogens is 238 g/mol. The first-order valence-electron chi connectivity index (χ1n) is 6.48. The summed E-state index contributed by atoms with van der Waals surface area (Å²) in [4.78, 5) is 14.9. The van der Waals surface area contributed by atoms with Crippen LogP contribution in [0, 0.1) is 6.92 Å². The van der Waals surface area contributed by atoms with Gasteiger partial charge in [-0.3, -0.25) is 0 Å². The molecule has 0 saturated carbocycles. The number of hydrogen-bond acceptors (Lipinski definition) is 2. The molecule has 1 aromatic heterocycles. The second kappa shape index (κ2) is 5.74. The van der Waals surface area contributed by atoms with E-state index in [1.165, 1.54) is 18.2 Å². The molecule has 2 rings (SSSR count). The molecule has 1 N–H and O–H groups in total. The number of aryl methyl sites for hydroxylation is 2. The highest BCUT2D eigenvalue weighted by atomic mass is 16.5. The van der Waals surface area contributed by atoms with Crippen LogP contribution in [-0.2, 0) is 17.6 Å². The van der Waals surface area contributed by atoms with Crippen molar-refractivity contribution >= 4 is 5.97 Å². The van der Waals surface area contributed by atoms with E-state index in [0.29, 0.717) is 5.56 Å². The number of methoxy groups -OCH3 is 1. The molecule has 0 amide bonds. The summed E-state index contributed by atoms with van der Waals surface area (Å²) in [5.41, 5.74) is 5.01. The maximum atomic E-state index is 11.8. The lowest BCUT2D eigenvalue weighted by molar-refractivity contribution is 0.0599. The molecule has 1 heterocycles. The number of rotatable bonds is 4. The highest BCUT2D eigenvalue weighted by Crippen LogP contribution is 2.19. The molecule has 0 fully saturated rings. The SMILES string of the molecule is CCc1ccc(Cc2c[nH]c(C)c2C(=O)OC)cc1. The zero-order valence-corrected chi connectivity index (χ0v) is 11.6. The highest BCUT2D eigenvalue weighted by Gasteiger charge is 2.16. The van der Waals surface area contributed by atoms with E-state index in [1.807, 2.05) is 13.1 Å². The molecule has 0 unspecified atom stereocenters. The van der Waals surface area contributed by atoms with Crippen molar-refractivity contribution in [3.8, 4) is 0 Å². The van der Waals surface area contributed by atoms with E-state index < -0.39 is 0 Å². The average Bonchev–Trinajstić information content (AvgIpc) is 2.80. The molecule has 0 aliphatic rings. The summed E-state index contributed by atoms with van der Waals surface area (Å²) in [6.45, 7) is 4.02. The maximum Gasteiger partial charge on any atom is 0.339 e. The van der Waals surface area contributed by atoms with Crippen LogP contribution in [0.15, 0.2) is 30.5 Å². The topological polar surface area (TPSA) is 42.1 Å². The van der Waals surface area contributed by atoms with E-state index in [-0.39, 0.29) is 5.97 Å². The van der Waals surface area contributed by atoms with Crippen molar-refractivity contribution < 1.29 is 9.53 Å². The Labute approximate surface area is 113 Å². The molecule has 2 aromatic rings. The van der Waals surface area contributed by atoms with Crippen molar-refractivity contribution in [1.29, 1.82) is 0 Å². The lowest BCUT2D eigenvalue weighted by Crippen LogP contribution is -2.05. The molecule has 3 nitrogen and oxygen atoms in total. The predicted octanol–water partition coefficient (Wildman–Crippen LogP) is 3.26. The van der Waals surface area contributed by atoms with Crippen LogP contribution in [0.2, 0.25) is 0 Å². The summed E-state index contributed by atoms with van der Waals surface area (Å²) in [7, 11) is 1.41. The summed E-state index contributed by atoms with van der Waals surface area (Å²) >= 11 is 0. The van der Waals surface area contributed by atoms with Gasteiger partial charge in [0, 0.05) is 11.9 Å². The number of H-pyrrole nitrogens is 1. The van der Waals surface area contributed by atoms with Gasteiger partial charge in [0.15, 0.2) is 0 Å². The van der Waals surface area contributed by atoms with E-state index in [2.05, 4.69) is 36.2 Å². The maximum absolute atomic E-state index is 11.8. The number of hydrogen-bond donors (Lipinski definition) is 1. The van der Waals surface area contributed by atoms with Crippen molar-refractivity contribution in [3.63, 3.8) is 0 Å². The second-order valence-electron chi connectivity index (χ2n) is 4.65. The van der Waals surface area contributed by atoms with Crippen molar-refractivity contribution in [2.45, 2.75) is 26.7 Å². The third-order valence-corrected chi connectivity index (χ3v) is 3.37. The fourth-order valence-corrected chi connectivity index (χ4v) is 2.22. The van der Waals surface area contributed by atoms with Crippen molar-refractivity contribution in [2.75, 3.05) is 7.11 Å². The molecule has 0 spiro atoms. The lowest BCUT2D eigenvalue weighted by Gasteiger charge is -2.05. The first-order valence-corrected chi connectivity index (χ1v) is 6.48. The van der Waals surface area contributed by atoms with Crippen molar-refractivity contribution in [1.82, 2.24) is 4.98 Å². The van der Waals surface area contributed by atoms with Gasteiger partial charge in [-0.1, -0.05) is 31.2 Å². The van der Waals surface area contributed by atoms with Crippen LogP contribution >= 0.6 is 0 Å². The Bertz CT molecular complexity index is 567. The zero-order chi connectivity index (χ0) is 13.8. The van der Waals surface area contributed by atoms with Crippen LogP contribution in [0.3, 0.4) is 0 Å². The molecule has 3 heteroatoms. The molecule has 0 aliphatic carbocycles. The molecule has 100 valence electrons. The molecule has 0 radical (unpaired) electrons. The van der Waals surface area contributed by atoms with Gasteiger partial charge in [-0.25, -0.2) is 4.79 Å². The van der Waals surface area contributed by atoms with Gasteiger partial charge in [0.25, 0.3) is 0 Å². The number of nitrogens with one attached hydrogen (secondary N) is 1. The molecule has 0 atom stereocenters. The van der Waals surface area contributed by atoms with Gasteiger partial charge in [0.1, 0.15) is 0 Å². The highest BCUT2D eigenvalue weighted by molar-refractivity contribution is 5.92. The quantitative estimate of drug-likeness (QED) is 0.854. The fraction of sp³-hybridized carbons (Fsp3) is 0.312.